The summed E-state index contributed by atoms with van der Waals surface area (Å²) >= 11 is 10.2. The molecule has 9 aromatic rings. The van der Waals surface area contributed by atoms with Gasteiger partial charge in [0.05, 0.1) is 0 Å². The van der Waals surface area contributed by atoms with Crippen LogP contribution in [0.1, 0.15) is 0 Å². The van der Waals surface area contributed by atoms with Gasteiger partial charge in [-0.25, -0.2) is 0 Å². The monoisotopic (exact) mass is 1040 g/mol. The minimum absolute atomic E-state index is 0. The Balaban J connectivity index is 0.000000133. The van der Waals surface area contributed by atoms with E-state index in [0.29, 0.717) is 0 Å². The van der Waals surface area contributed by atoms with E-state index < -0.39 is 0 Å². The molecule has 0 saturated carbocycles. The van der Waals surface area contributed by atoms with E-state index in [4.69, 9.17) is 0 Å². The Bertz CT molecular complexity index is 2260. The van der Waals surface area contributed by atoms with Crippen LogP contribution < -0.4 is 0 Å². The molecule has 0 atom stereocenters. The number of nitrogens with zero attached hydrogens (tertiary/aromatic N) is 3. The van der Waals surface area contributed by atoms with Gasteiger partial charge < -0.3 is 15.0 Å². The van der Waals surface area contributed by atoms with Crippen LogP contribution in [0.15, 0.2) is 178 Å². The summed E-state index contributed by atoms with van der Waals surface area (Å²) in [7, 11) is 0. The van der Waals surface area contributed by atoms with E-state index in [1.807, 2.05) is 128 Å². The number of fused-ring (bicyclic) bond motifs is 3. The second kappa shape index (κ2) is 17.9. The molecule has 252 valence electrons. The molecule has 0 radical (unpaired) electrons. The Morgan fingerprint density at radius 3 is 0.904 bits per heavy atom. The zero-order valence-corrected chi connectivity index (χ0v) is 34.6. The van der Waals surface area contributed by atoms with Gasteiger partial charge in [0, 0.05) is 18.6 Å². The van der Waals surface area contributed by atoms with Gasteiger partial charge in [0.2, 0.25) is 0 Å². The van der Waals surface area contributed by atoms with E-state index in [1.54, 1.807) is 0 Å². The van der Waals surface area contributed by atoms with Crippen molar-refractivity contribution in [1.82, 2.24) is 15.0 Å². The Morgan fingerprint density at radius 1 is 0.346 bits per heavy atom. The maximum Gasteiger partial charge on any atom is 3.00 e. The average Bonchev–Trinajstić information content (AvgIpc) is 3.19. The van der Waals surface area contributed by atoms with Crippen molar-refractivity contribution < 1.29 is 20.1 Å². The molecule has 6 aromatic carbocycles. The van der Waals surface area contributed by atoms with Crippen LogP contribution in [0.4, 0.5) is 0 Å². The Kier molecular flexibility index (Phi) is 12.9. The molecule has 3 aromatic heterocycles. The number of benzene rings is 6. The Morgan fingerprint density at radius 2 is 0.635 bits per heavy atom. The first-order valence-corrected chi connectivity index (χ1v) is 18.5. The van der Waals surface area contributed by atoms with E-state index in [-0.39, 0.29) is 20.1 Å². The average molecular weight is 1040 g/mol. The summed E-state index contributed by atoms with van der Waals surface area (Å²) in [6.45, 7) is 0. The van der Waals surface area contributed by atoms with Crippen molar-refractivity contribution in [2.24, 2.45) is 0 Å². The van der Waals surface area contributed by atoms with Gasteiger partial charge in [0.15, 0.2) is 0 Å². The fraction of sp³-hybridized carbons (Fsp3) is 0. The largest absolute Gasteiger partial charge is 3.00 e. The smallest absolute Gasteiger partial charge is 0.304 e. The molecule has 0 unspecified atom stereocenters. The van der Waals surface area contributed by atoms with Crippen molar-refractivity contribution in [2.45, 2.75) is 0 Å². The second-order valence-corrected chi connectivity index (χ2v) is 14.2. The molecule has 7 heteroatoms. The van der Waals surface area contributed by atoms with Crippen molar-refractivity contribution in [3.63, 3.8) is 0 Å². The molecule has 0 fully saturated rings. The minimum Gasteiger partial charge on any atom is -0.304 e. The van der Waals surface area contributed by atoms with Crippen LogP contribution in [-0.2, 0) is 20.1 Å². The molecular formula is C45H27Br3IrN3. The van der Waals surface area contributed by atoms with Gasteiger partial charge in [-0.15, -0.1) is 137 Å². The molecule has 0 N–H and O–H groups in total. The number of hydrogen-bond donors (Lipinski definition) is 0. The third kappa shape index (κ3) is 8.98. The van der Waals surface area contributed by atoms with E-state index >= 15 is 0 Å². The molecule has 3 nitrogen and oxygen atoms in total. The van der Waals surface area contributed by atoms with Gasteiger partial charge in [-0.3, -0.25) is 0 Å². The fourth-order valence-corrected chi connectivity index (χ4v) is 6.40. The maximum absolute atomic E-state index is 4.46. The predicted octanol–water partition coefficient (Wildman–Crippen LogP) is 13.4. The third-order valence-corrected chi connectivity index (χ3v) is 9.59. The van der Waals surface area contributed by atoms with E-state index in [0.717, 1.165) is 63.3 Å². The zero-order chi connectivity index (χ0) is 35.0. The number of hydrogen-bond acceptors (Lipinski definition) is 3. The van der Waals surface area contributed by atoms with Crippen LogP contribution >= 0.6 is 47.8 Å². The van der Waals surface area contributed by atoms with Gasteiger partial charge in [-0.1, -0.05) is 86.2 Å². The standard InChI is InChI=1S/3C15H9BrN.Ir/c3*16-13-7-5-12(6-8-13)15-14-4-2-1-3-11(14)9-10-17-15;/h3*1-5,7-10H;/q3*-1;+3. The Hall–Kier alpha value is -4.36. The van der Waals surface area contributed by atoms with E-state index in [2.05, 4.69) is 117 Å². The van der Waals surface area contributed by atoms with Crippen LogP contribution in [0.25, 0.3) is 66.1 Å². The number of rotatable bonds is 3. The summed E-state index contributed by atoms with van der Waals surface area (Å²) in [4.78, 5) is 13.4. The summed E-state index contributed by atoms with van der Waals surface area (Å²) in [6.07, 6.45) is 5.52. The number of aromatic nitrogens is 3. The summed E-state index contributed by atoms with van der Waals surface area (Å²) in [5.74, 6) is 0. The van der Waals surface area contributed by atoms with Crippen LogP contribution in [0, 0.1) is 18.2 Å². The van der Waals surface area contributed by atoms with Gasteiger partial charge >= 0.3 is 20.1 Å². The summed E-state index contributed by atoms with van der Waals surface area (Å²) < 4.78 is 3.09. The van der Waals surface area contributed by atoms with E-state index in [1.165, 1.54) is 16.2 Å². The normalized spacial score (nSPS) is 10.4. The minimum atomic E-state index is 0. The Labute approximate surface area is 342 Å². The van der Waals surface area contributed by atoms with Crippen molar-refractivity contribution in [3.05, 3.63) is 196 Å². The van der Waals surface area contributed by atoms with E-state index in [9.17, 15) is 0 Å². The van der Waals surface area contributed by atoms with Crippen molar-refractivity contribution in [1.29, 1.82) is 0 Å². The maximum atomic E-state index is 4.46. The first-order chi connectivity index (χ1) is 25.0. The van der Waals surface area contributed by atoms with Crippen LogP contribution in [-0.4, -0.2) is 15.0 Å². The van der Waals surface area contributed by atoms with Gasteiger partial charge in [0.1, 0.15) is 0 Å². The molecule has 3 heterocycles. The van der Waals surface area contributed by atoms with Crippen LogP contribution in [0.2, 0.25) is 0 Å². The molecule has 0 saturated heterocycles. The molecule has 0 spiro atoms. The topological polar surface area (TPSA) is 38.7 Å². The molecule has 0 aliphatic heterocycles. The summed E-state index contributed by atoms with van der Waals surface area (Å²) in [5, 5.41) is 7.09. The molecule has 0 aliphatic rings. The number of halogens is 3. The van der Waals surface area contributed by atoms with Crippen molar-refractivity contribution in [3.8, 4) is 33.8 Å². The van der Waals surface area contributed by atoms with Crippen molar-refractivity contribution in [2.75, 3.05) is 0 Å². The molecule has 0 aliphatic carbocycles. The quantitative estimate of drug-likeness (QED) is 0.166. The molecule has 52 heavy (non-hydrogen) atoms. The van der Waals surface area contributed by atoms with Gasteiger partial charge in [-0.2, -0.15) is 0 Å². The SMILES string of the molecule is Brc1c[c-]c(-c2nccc3ccccc23)cc1.Brc1c[c-]c(-c2nccc3ccccc23)cc1.Brc1c[c-]c(-c2nccc3ccccc23)cc1.[Ir+3]. The first kappa shape index (κ1) is 37.4. The molecular weight excluding hydrogens is 1010 g/mol. The van der Waals surface area contributed by atoms with Crippen LogP contribution in [0.3, 0.4) is 0 Å². The zero-order valence-electron chi connectivity index (χ0n) is 27.4. The van der Waals surface area contributed by atoms with Crippen LogP contribution in [0.5, 0.6) is 0 Å². The summed E-state index contributed by atoms with van der Waals surface area (Å²) in [5.41, 5.74) is 6.00. The third-order valence-electron chi connectivity index (χ3n) is 8.11. The summed E-state index contributed by atoms with van der Waals surface area (Å²) in [6, 6.07) is 58.4. The molecule has 9 rings (SSSR count). The van der Waals surface area contributed by atoms with Gasteiger partial charge in [-0.05, 0) is 67.6 Å². The second-order valence-electron chi connectivity index (χ2n) is 11.4. The van der Waals surface area contributed by atoms with Gasteiger partial charge in [0.25, 0.3) is 0 Å². The fourth-order valence-electron chi connectivity index (χ4n) is 5.66. The van der Waals surface area contributed by atoms with Crippen molar-refractivity contribution >= 4 is 80.1 Å². The first-order valence-electron chi connectivity index (χ1n) is 16.1. The molecule has 0 amide bonds. The molecule has 0 bridgehead atoms. The number of pyridine rings is 3. The predicted molar refractivity (Wildman–Crippen MR) is 221 cm³/mol.